The Balaban J connectivity index is 2.08. The maximum atomic E-state index is 14.9. The summed E-state index contributed by atoms with van der Waals surface area (Å²) in [6.45, 7) is -1.54. The van der Waals surface area contributed by atoms with E-state index < -0.39 is 47.6 Å². The lowest BCUT2D eigenvalue weighted by Gasteiger charge is -2.22. The fourth-order valence-corrected chi connectivity index (χ4v) is 7.01. The van der Waals surface area contributed by atoms with Gasteiger partial charge in [-0.15, -0.1) is 23.5 Å². The number of ether oxygens (including phenoxy) is 2. The minimum atomic E-state index is -4.76. The number of benzene rings is 3. The number of anilines is 4. The average Bonchev–Trinajstić information content (AvgIpc) is 3.18. The van der Waals surface area contributed by atoms with E-state index in [-0.39, 0.29) is 92.9 Å². The highest BCUT2D eigenvalue weighted by Gasteiger charge is 2.35. The normalized spacial score (nSPS) is 11.4. The summed E-state index contributed by atoms with van der Waals surface area (Å²) in [5.41, 5.74) is 19.1. The summed E-state index contributed by atoms with van der Waals surface area (Å²) in [7, 11) is 3.77. The van der Waals surface area contributed by atoms with E-state index in [1.807, 2.05) is 0 Å². The number of halogens is 6. The maximum absolute atomic E-state index is 14.9. The number of amides is 3. The monoisotopic (exact) mass is 861 g/mol. The first-order valence-corrected chi connectivity index (χ1v) is 19.4. The number of nitrogens with one attached hydrogen (secondary N) is 4. The molecule has 0 aromatic heterocycles. The molecule has 3 aromatic rings. The molecule has 3 aromatic carbocycles. The second kappa shape index (κ2) is 21.6. The summed E-state index contributed by atoms with van der Waals surface area (Å²) in [4.78, 5) is 44.8. The highest BCUT2D eigenvalue weighted by atomic mass is 32.2. The molecule has 0 heterocycles. The number of methoxy groups -OCH3 is 2. The Morgan fingerprint density at radius 3 is 1.62 bits per heavy atom. The number of unbranched alkanes of at least 4 members (excludes halogenated alkanes) is 1. The van der Waals surface area contributed by atoms with Gasteiger partial charge < -0.3 is 53.7 Å². The van der Waals surface area contributed by atoms with Gasteiger partial charge in [0.05, 0.1) is 63.5 Å². The summed E-state index contributed by atoms with van der Waals surface area (Å²) >= 11 is 2.13. The van der Waals surface area contributed by atoms with E-state index in [9.17, 15) is 40.7 Å². The number of nitrogens with zero attached hydrogens (tertiary/aromatic N) is 1. The Hall–Kier alpha value is -5.06. The molecule has 0 saturated carbocycles. The minimum absolute atomic E-state index is 0.0540. The number of aliphatic imine (C=N–C) groups is 1. The van der Waals surface area contributed by atoms with Crippen molar-refractivity contribution in [2.45, 2.75) is 41.2 Å². The summed E-state index contributed by atoms with van der Waals surface area (Å²) in [6, 6.07) is 5.66. The van der Waals surface area contributed by atoms with Gasteiger partial charge in [-0.05, 0) is 49.2 Å². The number of alkyl halides is 6. The van der Waals surface area contributed by atoms with Crippen LogP contribution in [0.4, 0.5) is 49.1 Å². The number of carbonyl (C=O) groups is 3. The van der Waals surface area contributed by atoms with Crippen molar-refractivity contribution >= 4 is 70.0 Å². The second-order valence-corrected chi connectivity index (χ2v) is 14.3. The number of nitrogens with two attached hydrogens (primary N) is 4. The van der Waals surface area contributed by atoms with Gasteiger partial charge in [0.25, 0.3) is 11.8 Å². The Morgan fingerprint density at radius 1 is 0.724 bits per heavy atom. The fourth-order valence-electron chi connectivity index (χ4n) is 5.26. The molecule has 0 saturated heterocycles. The third-order valence-electron chi connectivity index (χ3n) is 7.98. The molecular formula is C36H45F6N9O5S2. The Morgan fingerprint density at radius 2 is 1.19 bits per heavy atom. The highest BCUT2D eigenvalue weighted by molar-refractivity contribution is 7.99. The van der Waals surface area contributed by atoms with Crippen molar-refractivity contribution < 1.29 is 50.2 Å². The van der Waals surface area contributed by atoms with Crippen LogP contribution in [0.2, 0.25) is 0 Å². The largest absolute Gasteiger partial charge is 0.496 e. The standard InChI is InChI=1S/C36H45F6N9O5S2/c1-47-23-14-20(36(40,41)42)15-26(30(23)57-10-7-43)51-33(54)22-17-27(55-2)21(16-28(22)56-3)32(53)50-25-13-19(35(38,39)18-37)12-24(31(25)58-11-8-44)49-29(52)6-4-5-9-48-34(45)46/h12-17,47H,4-11,18,43-44H2,1-3H3,(H,49,52)(H,50,53)(H,51,54)(H4,45,46,48). The zero-order valence-corrected chi connectivity index (χ0v) is 33.3. The van der Waals surface area contributed by atoms with Gasteiger partial charge in [-0.3, -0.25) is 19.4 Å². The van der Waals surface area contributed by atoms with Gasteiger partial charge in [0, 0.05) is 50.2 Å². The number of carbonyl (C=O) groups excluding carboxylic acids is 3. The molecule has 0 aliphatic rings. The van der Waals surface area contributed by atoms with E-state index in [1.54, 1.807) is 0 Å². The molecule has 22 heteroatoms. The molecule has 0 unspecified atom stereocenters. The zero-order valence-electron chi connectivity index (χ0n) is 31.7. The van der Waals surface area contributed by atoms with Crippen molar-refractivity contribution in [2.75, 3.05) is 80.3 Å². The second-order valence-electron chi connectivity index (χ2n) is 12.1. The number of rotatable bonds is 21. The summed E-state index contributed by atoms with van der Waals surface area (Å²) in [5.74, 6) is -6.55. The molecule has 12 N–H and O–H groups in total. The first-order valence-electron chi connectivity index (χ1n) is 17.4. The number of guanidine groups is 1. The fraction of sp³-hybridized carbons (Fsp3) is 0.389. The topological polar surface area (TPSA) is 234 Å². The van der Waals surface area contributed by atoms with E-state index in [4.69, 9.17) is 32.4 Å². The van der Waals surface area contributed by atoms with Crippen molar-refractivity contribution in [3.8, 4) is 11.5 Å². The first-order chi connectivity index (χ1) is 27.4. The predicted octanol–water partition coefficient (Wildman–Crippen LogP) is 5.81. The molecule has 0 fully saturated rings. The average molecular weight is 862 g/mol. The van der Waals surface area contributed by atoms with Crippen molar-refractivity contribution in [2.24, 2.45) is 27.9 Å². The molecule has 0 spiro atoms. The molecule has 14 nitrogen and oxygen atoms in total. The van der Waals surface area contributed by atoms with Crippen LogP contribution in [0.3, 0.4) is 0 Å². The van der Waals surface area contributed by atoms with Crippen molar-refractivity contribution in [3.05, 3.63) is 58.7 Å². The van der Waals surface area contributed by atoms with Gasteiger partial charge in [0.15, 0.2) is 12.6 Å². The summed E-state index contributed by atoms with van der Waals surface area (Å²) < 4.78 is 95.7. The van der Waals surface area contributed by atoms with Gasteiger partial charge in [-0.25, -0.2) is 4.39 Å². The van der Waals surface area contributed by atoms with Crippen LogP contribution in [-0.2, 0) is 16.9 Å². The van der Waals surface area contributed by atoms with Crippen LogP contribution in [0.25, 0.3) is 0 Å². The first kappa shape index (κ1) is 47.3. The smallest absolute Gasteiger partial charge is 0.416 e. The number of hydrogen-bond acceptors (Lipinski definition) is 11. The van der Waals surface area contributed by atoms with E-state index in [2.05, 4.69) is 26.3 Å². The molecule has 0 bridgehead atoms. The van der Waals surface area contributed by atoms with Crippen LogP contribution >= 0.6 is 23.5 Å². The van der Waals surface area contributed by atoms with E-state index >= 15 is 0 Å². The van der Waals surface area contributed by atoms with Crippen LogP contribution < -0.4 is 53.7 Å². The Bertz CT molecular complexity index is 1970. The lowest BCUT2D eigenvalue weighted by atomic mass is 10.0. The van der Waals surface area contributed by atoms with Crippen LogP contribution in [0.1, 0.15) is 51.1 Å². The molecular weight excluding hydrogens is 817 g/mol. The lowest BCUT2D eigenvalue weighted by Crippen LogP contribution is -2.23. The molecule has 318 valence electrons. The van der Waals surface area contributed by atoms with E-state index in [1.165, 1.54) is 21.3 Å². The molecule has 0 radical (unpaired) electrons. The third-order valence-corrected chi connectivity index (χ3v) is 10.3. The van der Waals surface area contributed by atoms with Crippen molar-refractivity contribution in [3.63, 3.8) is 0 Å². The minimum Gasteiger partial charge on any atom is -0.496 e. The van der Waals surface area contributed by atoms with Gasteiger partial charge in [-0.1, -0.05) is 0 Å². The van der Waals surface area contributed by atoms with Gasteiger partial charge in [-0.2, -0.15) is 22.0 Å². The van der Waals surface area contributed by atoms with Crippen molar-refractivity contribution in [1.82, 2.24) is 0 Å². The Labute approximate surface area is 339 Å². The highest BCUT2D eigenvalue weighted by Crippen LogP contribution is 2.43. The summed E-state index contributed by atoms with van der Waals surface area (Å²) in [6.07, 6.45) is -4.05. The summed E-state index contributed by atoms with van der Waals surface area (Å²) in [5, 5.41) is 10.3. The van der Waals surface area contributed by atoms with Crippen molar-refractivity contribution in [1.29, 1.82) is 0 Å². The molecule has 3 rings (SSSR count). The lowest BCUT2D eigenvalue weighted by molar-refractivity contribution is -0.137. The van der Waals surface area contributed by atoms with Crippen LogP contribution in [0.5, 0.6) is 11.5 Å². The number of hydrogen-bond donors (Lipinski definition) is 8. The molecule has 0 aliphatic heterocycles. The third kappa shape index (κ3) is 12.7. The van der Waals surface area contributed by atoms with Gasteiger partial charge in [0.2, 0.25) is 5.91 Å². The quantitative estimate of drug-likeness (QED) is 0.0208. The zero-order chi connectivity index (χ0) is 43.2. The van der Waals surface area contributed by atoms with Gasteiger partial charge in [0.1, 0.15) is 11.5 Å². The number of thioether (sulfide) groups is 2. The van der Waals surface area contributed by atoms with E-state index in [0.29, 0.717) is 18.6 Å². The Kier molecular flexibility index (Phi) is 17.6. The van der Waals surface area contributed by atoms with Gasteiger partial charge >= 0.3 is 12.1 Å². The van der Waals surface area contributed by atoms with Crippen LogP contribution in [-0.4, -0.2) is 82.8 Å². The molecule has 3 amide bonds. The van der Waals surface area contributed by atoms with E-state index in [0.717, 1.165) is 59.9 Å². The van der Waals surface area contributed by atoms with Crippen LogP contribution in [0, 0.1) is 0 Å². The SMILES string of the molecule is CNc1cc(C(F)(F)F)cc(NC(=O)c2cc(OC)c(C(=O)Nc3cc(C(F)(F)CF)cc(NC(=O)CCCCN=C(N)N)c3SCCN)cc2OC)c1SCCN. The molecule has 0 aliphatic carbocycles. The molecule has 58 heavy (non-hydrogen) atoms. The predicted molar refractivity (Wildman–Crippen MR) is 215 cm³/mol. The maximum Gasteiger partial charge on any atom is 0.416 e. The molecule has 0 atom stereocenters. The van der Waals surface area contributed by atoms with Crippen LogP contribution in [0.15, 0.2) is 51.2 Å².